The van der Waals surface area contributed by atoms with Crippen LogP contribution in [0.2, 0.25) is 0 Å². The summed E-state index contributed by atoms with van der Waals surface area (Å²) in [6.45, 7) is 1.85. The molecule has 0 atom stereocenters. The summed E-state index contributed by atoms with van der Waals surface area (Å²) in [5, 5.41) is 21.9. The zero-order chi connectivity index (χ0) is 23.4. The van der Waals surface area contributed by atoms with Crippen molar-refractivity contribution in [2.75, 3.05) is 6.61 Å². The molecular weight excluding hydrogens is 444 g/mol. The molecule has 8 nitrogen and oxygen atoms in total. The Labute approximate surface area is 193 Å². The lowest BCUT2D eigenvalue weighted by atomic mass is 10.1. The fraction of sp³-hybridized carbons (Fsp3) is 0.0833. The van der Waals surface area contributed by atoms with Crippen molar-refractivity contribution in [2.24, 2.45) is 4.99 Å². The van der Waals surface area contributed by atoms with E-state index in [1.54, 1.807) is 49.4 Å². The SMILES string of the molecule is CCOC(=O)C1=C(O)/C(=C/c2ccc(-c3ccc([N+](=O)[O-])cc3)o2)SC1=Nc1ccccc1. The number of nitro benzene ring substituents is 1. The normalized spacial score (nSPS) is 15.9. The van der Waals surface area contributed by atoms with E-state index in [9.17, 15) is 20.0 Å². The topological polar surface area (TPSA) is 115 Å². The fourth-order valence-corrected chi connectivity index (χ4v) is 4.09. The number of non-ortho nitro benzene ring substituents is 1. The molecule has 1 aliphatic rings. The number of benzene rings is 2. The second-order valence-electron chi connectivity index (χ2n) is 6.81. The van der Waals surface area contributed by atoms with Gasteiger partial charge in [0.05, 0.1) is 22.1 Å². The highest BCUT2D eigenvalue weighted by Crippen LogP contribution is 2.40. The number of thioether (sulfide) groups is 1. The minimum atomic E-state index is -0.661. The maximum Gasteiger partial charge on any atom is 0.344 e. The largest absolute Gasteiger partial charge is 0.506 e. The third kappa shape index (κ3) is 4.88. The summed E-state index contributed by atoms with van der Waals surface area (Å²) in [5.74, 6) is 0.0431. The first-order chi connectivity index (χ1) is 16.0. The number of nitro groups is 1. The Kier molecular flexibility index (Phi) is 6.41. The molecule has 2 aromatic carbocycles. The number of para-hydroxylation sites is 1. The van der Waals surface area contributed by atoms with Gasteiger partial charge in [0.15, 0.2) is 0 Å². The second-order valence-corrected chi connectivity index (χ2v) is 7.84. The van der Waals surface area contributed by atoms with Crippen LogP contribution < -0.4 is 0 Å². The number of ether oxygens (including phenoxy) is 1. The molecule has 0 bridgehead atoms. The molecule has 1 aromatic heterocycles. The molecule has 1 N–H and O–H groups in total. The van der Waals surface area contributed by atoms with Crippen LogP contribution in [0.1, 0.15) is 12.7 Å². The van der Waals surface area contributed by atoms with Crippen molar-refractivity contribution in [2.45, 2.75) is 6.92 Å². The van der Waals surface area contributed by atoms with E-state index in [2.05, 4.69) is 4.99 Å². The number of furan rings is 1. The summed E-state index contributed by atoms with van der Waals surface area (Å²) in [7, 11) is 0. The van der Waals surface area contributed by atoms with Crippen LogP contribution >= 0.6 is 11.8 Å². The van der Waals surface area contributed by atoms with Crippen LogP contribution in [-0.4, -0.2) is 27.6 Å². The molecule has 0 radical (unpaired) electrons. The smallest absolute Gasteiger partial charge is 0.344 e. The van der Waals surface area contributed by atoms with Crippen molar-refractivity contribution < 1.29 is 24.0 Å². The van der Waals surface area contributed by atoms with Crippen LogP contribution in [0.4, 0.5) is 11.4 Å². The molecule has 2 heterocycles. The number of esters is 1. The predicted octanol–water partition coefficient (Wildman–Crippen LogP) is 6.05. The number of nitrogens with zero attached hydrogens (tertiary/aromatic N) is 2. The Balaban J connectivity index is 1.66. The van der Waals surface area contributed by atoms with Gasteiger partial charge >= 0.3 is 5.97 Å². The third-order valence-corrected chi connectivity index (χ3v) is 5.64. The minimum Gasteiger partial charge on any atom is -0.506 e. The van der Waals surface area contributed by atoms with Gasteiger partial charge in [-0.2, -0.15) is 0 Å². The molecule has 1 aliphatic heterocycles. The van der Waals surface area contributed by atoms with Gasteiger partial charge in [-0.15, -0.1) is 0 Å². The quantitative estimate of drug-likeness (QED) is 0.269. The summed E-state index contributed by atoms with van der Waals surface area (Å²) in [4.78, 5) is 27.7. The molecule has 0 amide bonds. The molecule has 9 heteroatoms. The molecular formula is C24H18N2O6S. The lowest BCUT2D eigenvalue weighted by Gasteiger charge is -2.03. The average molecular weight is 462 g/mol. The van der Waals surface area contributed by atoms with E-state index in [4.69, 9.17) is 9.15 Å². The Morgan fingerprint density at radius 2 is 1.88 bits per heavy atom. The van der Waals surface area contributed by atoms with Crippen molar-refractivity contribution >= 4 is 40.2 Å². The van der Waals surface area contributed by atoms with Crippen molar-refractivity contribution in [3.63, 3.8) is 0 Å². The molecule has 166 valence electrons. The zero-order valence-electron chi connectivity index (χ0n) is 17.4. The van der Waals surface area contributed by atoms with E-state index in [1.165, 1.54) is 12.1 Å². The van der Waals surface area contributed by atoms with Gasteiger partial charge in [0, 0.05) is 17.7 Å². The fourth-order valence-electron chi connectivity index (χ4n) is 3.07. The molecule has 0 unspecified atom stereocenters. The van der Waals surface area contributed by atoms with Gasteiger partial charge in [-0.25, -0.2) is 9.79 Å². The number of carbonyl (C=O) groups is 1. The van der Waals surface area contributed by atoms with E-state index < -0.39 is 10.9 Å². The van der Waals surface area contributed by atoms with Crippen LogP contribution in [0, 0.1) is 10.1 Å². The highest BCUT2D eigenvalue weighted by atomic mass is 32.2. The predicted molar refractivity (Wildman–Crippen MR) is 126 cm³/mol. The van der Waals surface area contributed by atoms with Gasteiger partial charge in [0.25, 0.3) is 5.69 Å². The summed E-state index contributed by atoms with van der Waals surface area (Å²) in [6, 6.07) is 18.5. The van der Waals surface area contributed by atoms with Crippen molar-refractivity contribution in [3.8, 4) is 11.3 Å². The standard InChI is InChI=1S/C24H18N2O6S/c1-2-31-24(28)21-22(27)20(33-23(21)25-16-6-4-3-5-7-16)14-18-12-13-19(32-18)15-8-10-17(11-9-15)26(29)30/h3-14,27H,2H2,1H3/b20-14-,25-23?. The van der Waals surface area contributed by atoms with Crippen molar-refractivity contribution in [3.05, 3.63) is 98.8 Å². The number of aliphatic hydroxyl groups is 1. The number of carbonyl (C=O) groups excluding carboxylic acids is 1. The first-order valence-corrected chi connectivity index (χ1v) is 10.8. The number of aliphatic imine (C=N–C) groups is 1. The van der Waals surface area contributed by atoms with E-state index in [0.29, 0.717) is 32.7 Å². The second kappa shape index (κ2) is 9.58. The van der Waals surface area contributed by atoms with Crippen LogP contribution in [0.25, 0.3) is 17.4 Å². The summed E-state index contributed by atoms with van der Waals surface area (Å²) >= 11 is 1.13. The van der Waals surface area contributed by atoms with Gasteiger partial charge in [0.2, 0.25) is 0 Å². The molecule has 0 saturated heterocycles. The molecule has 0 aliphatic carbocycles. The van der Waals surface area contributed by atoms with Crippen molar-refractivity contribution in [1.82, 2.24) is 0 Å². The van der Waals surface area contributed by atoms with Crippen LogP contribution in [0.5, 0.6) is 0 Å². The van der Waals surface area contributed by atoms with Crippen LogP contribution in [-0.2, 0) is 9.53 Å². The Morgan fingerprint density at radius 3 is 2.55 bits per heavy atom. The Bertz CT molecular complexity index is 1290. The summed E-state index contributed by atoms with van der Waals surface area (Å²) in [6.07, 6.45) is 1.60. The lowest BCUT2D eigenvalue weighted by Crippen LogP contribution is -2.12. The molecule has 0 spiro atoms. The van der Waals surface area contributed by atoms with E-state index >= 15 is 0 Å². The Hall–Kier alpha value is -4.11. The molecule has 0 fully saturated rings. The third-order valence-electron chi connectivity index (χ3n) is 4.62. The van der Waals surface area contributed by atoms with E-state index in [-0.39, 0.29) is 23.6 Å². The van der Waals surface area contributed by atoms with E-state index in [0.717, 1.165) is 11.8 Å². The van der Waals surface area contributed by atoms with Crippen LogP contribution in [0.3, 0.4) is 0 Å². The average Bonchev–Trinajstić information content (AvgIpc) is 3.39. The highest BCUT2D eigenvalue weighted by Gasteiger charge is 2.33. The maximum atomic E-state index is 12.5. The minimum absolute atomic E-state index is 0.000832. The number of hydrogen-bond acceptors (Lipinski definition) is 8. The number of aliphatic hydroxyl groups excluding tert-OH is 1. The molecule has 4 rings (SSSR count). The zero-order valence-corrected chi connectivity index (χ0v) is 18.2. The monoisotopic (exact) mass is 462 g/mol. The summed E-state index contributed by atoms with van der Waals surface area (Å²) < 4.78 is 10.9. The van der Waals surface area contributed by atoms with Gasteiger partial charge in [0.1, 0.15) is 27.9 Å². The van der Waals surface area contributed by atoms with Gasteiger partial charge in [-0.05, 0) is 49.4 Å². The van der Waals surface area contributed by atoms with Crippen LogP contribution in [0.15, 0.2) is 92.4 Å². The van der Waals surface area contributed by atoms with Gasteiger partial charge in [-0.1, -0.05) is 30.0 Å². The Morgan fingerprint density at radius 1 is 1.15 bits per heavy atom. The van der Waals surface area contributed by atoms with Gasteiger partial charge < -0.3 is 14.3 Å². The lowest BCUT2D eigenvalue weighted by molar-refractivity contribution is -0.384. The van der Waals surface area contributed by atoms with E-state index in [1.807, 2.05) is 18.2 Å². The molecule has 0 saturated carbocycles. The van der Waals surface area contributed by atoms with Gasteiger partial charge in [-0.3, -0.25) is 10.1 Å². The maximum absolute atomic E-state index is 12.5. The number of hydrogen-bond donors (Lipinski definition) is 1. The molecule has 33 heavy (non-hydrogen) atoms. The summed E-state index contributed by atoms with van der Waals surface area (Å²) in [5.41, 5.74) is 1.29. The first-order valence-electron chi connectivity index (χ1n) is 9.95. The van der Waals surface area contributed by atoms with Crippen molar-refractivity contribution in [1.29, 1.82) is 0 Å². The molecule has 3 aromatic rings. The number of rotatable bonds is 6. The highest BCUT2D eigenvalue weighted by molar-refractivity contribution is 8.18. The first kappa shape index (κ1) is 22.1.